The van der Waals surface area contributed by atoms with Crippen molar-refractivity contribution in [2.45, 2.75) is 50.9 Å². The van der Waals surface area contributed by atoms with Crippen LogP contribution in [0.5, 0.6) is 0 Å². The Hall–Kier alpha value is -0.570. The lowest BCUT2D eigenvalue weighted by atomic mass is 9.89. The van der Waals surface area contributed by atoms with E-state index >= 15 is 0 Å². The molecule has 0 bridgehead atoms. The van der Waals surface area contributed by atoms with Crippen molar-refractivity contribution < 1.29 is 4.42 Å². The summed E-state index contributed by atoms with van der Waals surface area (Å²) >= 11 is 5.62. The summed E-state index contributed by atoms with van der Waals surface area (Å²) in [4.78, 5) is 0. The normalized spacial score (nSPS) is 18.2. The maximum Gasteiger partial charge on any atom is 0.219 e. The lowest BCUT2D eigenvalue weighted by Crippen LogP contribution is -2.04. The Morgan fingerprint density at radius 1 is 1.20 bits per heavy atom. The van der Waals surface area contributed by atoms with Gasteiger partial charge in [-0.25, -0.2) is 0 Å². The zero-order valence-electron chi connectivity index (χ0n) is 8.91. The number of hydrogen-bond acceptors (Lipinski definition) is 3. The fourth-order valence-electron chi connectivity index (χ4n) is 2.10. The van der Waals surface area contributed by atoms with Gasteiger partial charge >= 0.3 is 0 Å². The zero-order valence-corrected chi connectivity index (χ0v) is 9.67. The predicted octanol–water partition coefficient (Wildman–Crippen LogP) is 3.29. The molecule has 1 aromatic heterocycles. The van der Waals surface area contributed by atoms with Crippen LogP contribution in [-0.2, 0) is 6.42 Å². The molecule has 1 aliphatic rings. The molecule has 1 aromatic rings. The summed E-state index contributed by atoms with van der Waals surface area (Å²) in [5.74, 6) is 2.76. The van der Waals surface area contributed by atoms with Gasteiger partial charge in [0.2, 0.25) is 11.8 Å². The molecule has 0 N–H and O–H groups in total. The summed E-state index contributed by atoms with van der Waals surface area (Å²) in [6.07, 6.45) is 8.07. The van der Waals surface area contributed by atoms with E-state index in [2.05, 4.69) is 10.2 Å². The van der Waals surface area contributed by atoms with Crippen LogP contribution in [-0.4, -0.2) is 16.1 Å². The minimum Gasteiger partial charge on any atom is -0.425 e. The van der Waals surface area contributed by atoms with Crippen molar-refractivity contribution in [1.82, 2.24) is 10.2 Å². The third-order valence-corrected chi connectivity index (χ3v) is 3.23. The number of aryl methyl sites for hydroxylation is 1. The number of aromatic nitrogens is 2. The van der Waals surface area contributed by atoms with Crippen LogP contribution in [0.1, 0.15) is 56.2 Å². The highest BCUT2D eigenvalue weighted by atomic mass is 35.5. The van der Waals surface area contributed by atoms with Gasteiger partial charge in [0, 0.05) is 18.2 Å². The Balaban J connectivity index is 1.93. The third kappa shape index (κ3) is 2.94. The molecule has 0 amide bonds. The molecular weight excluding hydrogens is 212 g/mol. The average Bonchev–Trinajstić information content (AvgIpc) is 2.76. The monoisotopic (exact) mass is 228 g/mol. The largest absolute Gasteiger partial charge is 0.425 e. The first kappa shape index (κ1) is 10.9. The SMILES string of the molecule is ClCCCc1nnc(C2CCCCC2)o1. The maximum atomic E-state index is 5.64. The van der Waals surface area contributed by atoms with Crippen LogP contribution in [0, 0.1) is 0 Å². The second kappa shape index (κ2) is 5.50. The van der Waals surface area contributed by atoms with Crippen molar-refractivity contribution in [2.75, 3.05) is 5.88 Å². The molecule has 0 radical (unpaired) electrons. The summed E-state index contributed by atoms with van der Waals surface area (Å²) in [7, 11) is 0. The van der Waals surface area contributed by atoms with E-state index < -0.39 is 0 Å². The first-order valence-corrected chi connectivity index (χ1v) is 6.32. The Kier molecular flexibility index (Phi) is 4.01. The van der Waals surface area contributed by atoms with Gasteiger partial charge in [-0.15, -0.1) is 21.8 Å². The molecule has 1 heterocycles. The van der Waals surface area contributed by atoms with Gasteiger partial charge in [-0.05, 0) is 19.3 Å². The molecular formula is C11H17ClN2O. The van der Waals surface area contributed by atoms with E-state index in [4.69, 9.17) is 16.0 Å². The Bertz CT molecular complexity index is 295. The lowest BCUT2D eigenvalue weighted by Gasteiger charge is -2.17. The highest BCUT2D eigenvalue weighted by Gasteiger charge is 2.20. The predicted molar refractivity (Wildman–Crippen MR) is 59.2 cm³/mol. The maximum absolute atomic E-state index is 5.64. The van der Waals surface area contributed by atoms with E-state index in [0.717, 1.165) is 24.6 Å². The van der Waals surface area contributed by atoms with Crippen molar-refractivity contribution >= 4 is 11.6 Å². The second-order valence-corrected chi connectivity index (χ2v) is 4.54. The van der Waals surface area contributed by atoms with Gasteiger partial charge in [0.15, 0.2) is 0 Å². The zero-order chi connectivity index (χ0) is 10.5. The molecule has 0 aromatic carbocycles. The molecule has 0 atom stereocenters. The van der Waals surface area contributed by atoms with Gasteiger partial charge in [-0.3, -0.25) is 0 Å². The van der Waals surface area contributed by atoms with Crippen LogP contribution in [0.2, 0.25) is 0 Å². The van der Waals surface area contributed by atoms with E-state index in [9.17, 15) is 0 Å². The first-order chi connectivity index (χ1) is 7.40. The molecule has 0 unspecified atom stereocenters. The molecule has 84 valence electrons. The van der Waals surface area contributed by atoms with Gasteiger partial charge < -0.3 is 4.42 Å². The van der Waals surface area contributed by atoms with Gasteiger partial charge in [0.1, 0.15) is 0 Å². The van der Waals surface area contributed by atoms with Crippen LogP contribution >= 0.6 is 11.6 Å². The van der Waals surface area contributed by atoms with Gasteiger partial charge in [-0.1, -0.05) is 19.3 Å². The summed E-state index contributed by atoms with van der Waals surface area (Å²) < 4.78 is 5.64. The number of rotatable bonds is 4. The van der Waals surface area contributed by atoms with Gasteiger partial charge in [0.05, 0.1) is 0 Å². The van der Waals surface area contributed by atoms with Gasteiger partial charge in [-0.2, -0.15) is 0 Å². The quantitative estimate of drug-likeness (QED) is 0.743. The fourth-order valence-corrected chi connectivity index (χ4v) is 2.23. The number of nitrogens with zero attached hydrogens (tertiary/aromatic N) is 2. The minimum absolute atomic E-state index is 0.510. The molecule has 15 heavy (non-hydrogen) atoms. The van der Waals surface area contributed by atoms with E-state index in [1.807, 2.05) is 0 Å². The van der Waals surface area contributed by atoms with Crippen molar-refractivity contribution in [3.8, 4) is 0 Å². The molecule has 1 saturated carbocycles. The third-order valence-electron chi connectivity index (χ3n) is 2.96. The number of halogens is 1. The minimum atomic E-state index is 0.510. The molecule has 3 nitrogen and oxygen atoms in total. The van der Waals surface area contributed by atoms with Crippen LogP contribution in [0.15, 0.2) is 4.42 Å². The van der Waals surface area contributed by atoms with Crippen molar-refractivity contribution in [3.63, 3.8) is 0 Å². The van der Waals surface area contributed by atoms with Crippen LogP contribution < -0.4 is 0 Å². The molecule has 0 aliphatic heterocycles. The molecule has 0 saturated heterocycles. The van der Waals surface area contributed by atoms with E-state index in [1.54, 1.807) is 0 Å². The lowest BCUT2D eigenvalue weighted by molar-refractivity contribution is 0.351. The molecule has 1 fully saturated rings. The van der Waals surface area contributed by atoms with Crippen LogP contribution in [0.3, 0.4) is 0 Å². The number of hydrogen-bond donors (Lipinski definition) is 0. The highest BCUT2D eigenvalue weighted by Crippen LogP contribution is 2.31. The van der Waals surface area contributed by atoms with Crippen LogP contribution in [0.4, 0.5) is 0 Å². The van der Waals surface area contributed by atoms with Crippen molar-refractivity contribution in [2.24, 2.45) is 0 Å². The van der Waals surface area contributed by atoms with E-state index in [-0.39, 0.29) is 0 Å². The van der Waals surface area contributed by atoms with Crippen molar-refractivity contribution in [1.29, 1.82) is 0 Å². The number of alkyl halides is 1. The Labute approximate surface area is 95.2 Å². The second-order valence-electron chi connectivity index (χ2n) is 4.16. The molecule has 0 spiro atoms. The van der Waals surface area contributed by atoms with E-state index in [1.165, 1.54) is 32.1 Å². The van der Waals surface area contributed by atoms with Crippen LogP contribution in [0.25, 0.3) is 0 Å². The summed E-state index contributed by atoms with van der Waals surface area (Å²) in [5.41, 5.74) is 0. The highest BCUT2D eigenvalue weighted by molar-refractivity contribution is 6.17. The van der Waals surface area contributed by atoms with E-state index in [0.29, 0.717) is 11.8 Å². The molecule has 2 rings (SSSR count). The smallest absolute Gasteiger partial charge is 0.219 e. The topological polar surface area (TPSA) is 38.9 Å². The Morgan fingerprint density at radius 2 is 2.00 bits per heavy atom. The fraction of sp³-hybridized carbons (Fsp3) is 0.818. The molecule has 1 aliphatic carbocycles. The summed E-state index contributed by atoms with van der Waals surface area (Å²) in [6.45, 7) is 0. The standard InChI is InChI=1S/C11H17ClN2O/c12-8-4-7-10-13-14-11(15-10)9-5-2-1-3-6-9/h9H,1-8H2. The van der Waals surface area contributed by atoms with Crippen molar-refractivity contribution in [3.05, 3.63) is 11.8 Å². The van der Waals surface area contributed by atoms with Gasteiger partial charge in [0.25, 0.3) is 0 Å². The summed E-state index contributed by atoms with van der Waals surface area (Å²) in [6, 6.07) is 0. The first-order valence-electron chi connectivity index (χ1n) is 5.78. The molecule has 4 heteroatoms. The Morgan fingerprint density at radius 3 is 2.73 bits per heavy atom. The summed E-state index contributed by atoms with van der Waals surface area (Å²) in [5, 5.41) is 8.19. The average molecular weight is 229 g/mol.